The molecule has 1 heterocycles. The van der Waals surface area contributed by atoms with Crippen LogP contribution in [0.4, 0.5) is 17.5 Å². The van der Waals surface area contributed by atoms with Gasteiger partial charge in [-0.3, -0.25) is 10.1 Å². The number of nitrogens with two attached hydrogens (primary N) is 2. The maximum absolute atomic E-state index is 10.8. The Morgan fingerprint density at radius 3 is 2.38 bits per heavy atom. The van der Waals surface area contributed by atoms with E-state index in [1.807, 2.05) is 0 Å². The van der Waals surface area contributed by atoms with Gasteiger partial charge in [-0.05, 0) is 31.9 Å². The van der Waals surface area contributed by atoms with Crippen molar-refractivity contribution in [1.82, 2.24) is 9.97 Å². The number of halogens is 2. The van der Waals surface area contributed by atoms with Crippen molar-refractivity contribution in [2.45, 2.75) is 0 Å². The molecule has 1 aromatic carbocycles. The van der Waals surface area contributed by atoms with Crippen LogP contribution in [0.3, 0.4) is 0 Å². The molecule has 0 radical (unpaired) electrons. The average Bonchev–Trinajstić information content (AvgIpc) is 2.41. The fraction of sp³-hybridized carbons (Fsp3) is 0. The first-order chi connectivity index (χ1) is 9.90. The van der Waals surface area contributed by atoms with Gasteiger partial charge < -0.3 is 15.9 Å². The maximum atomic E-state index is 10.8. The predicted molar refractivity (Wildman–Crippen MR) is 82.8 cm³/mol. The topological polar surface area (TPSA) is 142 Å². The van der Waals surface area contributed by atoms with Crippen LogP contribution in [0, 0.1) is 10.1 Å². The maximum Gasteiger partial charge on any atom is 0.271 e. The Hall–Kier alpha value is -1.98. The lowest BCUT2D eigenvalue weighted by molar-refractivity contribution is -0.385. The molecule has 0 saturated carbocycles. The van der Waals surface area contributed by atoms with Crippen molar-refractivity contribution in [3.05, 3.63) is 37.3 Å². The molecule has 0 aliphatic carbocycles. The molecule has 11 heteroatoms. The number of anilines is 2. The van der Waals surface area contributed by atoms with Crippen LogP contribution >= 0.6 is 31.9 Å². The van der Waals surface area contributed by atoms with E-state index in [0.717, 1.165) is 0 Å². The van der Waals surface area contributed by atoms with Gasteiger partial charge >= 0.3 is 0 Å². The standard InChI is InChI=1S/C10H8Br2N6O3/c11-5-1-4(18(19)20)2-6(12)9(5)21-8-3-7(17-14)15-10(13)16-8/h1-3H,14H2,(H3,13,15,16,17). The van der Waals surface area contributed by atoms with Gasteiger partial charge in [0.25, 0.3) is 5.69 Å². The summed E-state index contributed by atoms with van der Waals surface area (Å²) in [6, 6.07) is 4.05. The Morgan fingerprint density at radius 1 is 1.24 bits per heavy atom. The molecule has 0 unspecified atom stereocenters. The molecule has 1 aromatic heterocycles. The van der Waals surface area contributed by atoms with E-state index >= 15 is 0 Å². The highest BCUT2D eigenvalue weighted by molar-refractivity contribution is 9.11. The van der Waals surface area contributed by atoms with Gasteiger partial charge in [-0.15, -0.1) is 0 Å². The van der Waals surface area contributed by atoms with Gasteiger partial charge in [-0.1, -0.05) is 0 Å². The lowest BCUT2D eigenvalue weighted by atomic mass is 10.3. The molecule has 0 amide bonds. The number of nitro benzene ring substituents is 1. The van der Waals surface area contributed by atoms with Gasteiger partial charge in [0.15, 0.2) is 5.75 Å². The third-order valence-electron chi connectivity index (χ3n) is 2.27. The Bertz CT molecular complexity index is 688. The predicted octanol–water partition coefficient (Wildman–Crippen LogP) is 2.57. The molecule has 0 aliphatic rings. The van der Waals surface area contributed by atoms with Crippen molar-refractivity contribution in [2.75, 3.05) is 11.2 Å². The van der Waals surface area contributed by atoms with Crippen molar-refractivity contribution in [3.8, 4) is 11.6 Å². The highest BCUT2D eigenvalue weighted by Gasteiger charge is 2.16. The first-order valence-electron chi connectivity index (χ1n) is 5.33. The molecule has 0 spiro atoms. The normalized spacial score (nSPS) is 10.2. The summed E-state index contributed by atoms with van der Waals surface area (Å²) in [6.07, 6.45) is 0. The minimum atomic E-state index is -0.515. The number of nitrogens with one attached hydrogen (secondary N) is 1. The molecule has 5 N–H and O–H groups in total. The second-order valence-electron chi connectivity index (χ2n) is 3.69. The summed E-state index contributed by atoms with van der Waals surface area (Å²) < 4.78 is 6.31. The first kappa shape index (κ1) is 15.4. The summed E-state index contributed by atoms with van der Waals surface area (Å²) >= 11 is 6.41. The van der Waals surface area contributed by atoms with Gasteiger partial charge in [0.2, 0.25) is 11.8 Å². The monoisotopic (exact) mass is 418 g/mol. The van der Waals surface area contributed by atoms with Crippen LogP contribution < -0.4 is 21.7 Å². The van der Waals surface area contributed by atoms with E-state index in [1.165, 1.54) is 18.2 Å². The number of ether oxygens (including phenoxy) is 1. The van der Waals surface area contributed by atoms with E-state index in [2.05, 4.69) is 47.3 Å². The Kier molecular flexibility index (Phi) is 4.55. The number of non-ortho nitro benzene ring substituents is 1. The number of benzene rings is 1. The average molecular weight is 420 g/mol. The van der Waals surface area contributed by atoms with Gasteiger partial charge in [0, 0.05) is 18.2 Å². The quantitative estimate of drug-likeness (QED) is 0.389. The molecule has 2 rings (SSSR count). The molecule has 2 aromatic rings. The van der Waals surface area contributed by atoms with E-state index in [1.54, 1.807) is 0 Å². The Balaban J connectivity index is 2.40. The second-order valence-corrected chi connectivity index (χ2v) is 5.40. The third-order valence-corrected chi connectivity index (χ3v) is 3.45. The van der Waals surface area contributed by atoms with Gasteiger partial charge in [0.05, 0.1) is 13.9 Å². The number of nitrogens with zero attached hydrogens (tertiary/aromatic N) is 3. The van der Waals surface area contributed by atoms with E-state index in [-0.39, 0.29) is 23.3 Å². The van der Waals surface area contributed by atoms with Crippen LogP contribution in [0.2, 0.25) is 0 Å². The number of nitro groups is 1. The van der Waals surface area contributed by atoms with Crippen LogP contribution in [0.15, 0.2) is 27.1 Å². The van der Waals surface area contributed by atoms with Crippen LogP contribution in [0.25, 0.3) is 0 Å². The fourth-order valence-corrected chi connectivity index (χ4v) is 2.75. The van der Waals surface area contributed by atoms with E-state index in [9.17, 15) is 10.1 Å². The zero-order valence-electron chi connectivity index (χ0n) is 10.2. The lowest BCUT2D eigenvalue weighted by Crippen LogP contribution is -2.10. The van der Waals surface area contributed by atoms with Crippen LogP contribution in [0.1, 0.15) is 0 Å². The second kappa shape index (κ2) is 6.20. The minimum Gasteiger partial charge on any atom is -0.436 e. The molecule has 0 saturated heterocycles. The van der Waals surface area contributed by atoms with Crippen molar-refractivity contribution in [1.29, 1.82) is 0 Å². The summed E-state index contributed by atoms with van der Waals surface area (Å²) in [5.41, 5.74) is 7.75. The van der Waals surface area contributed by atoms with E-state index in [4.69, 9.17) is 16.3 Å². The van der Waals surface area contributed by atoms with Gasteiger partial charge in [0.1, 0.15) is 5.82 Å². The summed E-state index contributed by atoms with van der Waals surface area (Å²) in [5, 5.41) is 10.8. The highest BCUT2D eigenvalue weighted by Crippen LogP contribution is 2.39. The summed E-state index contributed by atoms with van der Waals surface area (Å²) in [6.45, 7) is 0. The van der Waals surface area contributed by atoms with Crippen molar-refractivity contribution in [2.24, 2.45) is 5.84 Å². The number of rotatable bonds is 4. The largest absolute Gasteiger partial charge is 0.436 e. The number of hydrogen-bond acceptors (Lipinski definition) is 8. The summed E-state index contributed by atoms with van der Waals surface area (Å²) in [4.78, 5) is 18.0. The number of nitrogen functional groups attached to an aromatic ring is 2. The van der Waals surface area contributed by atoms with Crippen molar-refractivity contribution < 1.29 is 9.66 Å². The third kappa shape index (κ3) is 3.56. The van der Waals surface area contributed by atoms with Crippen LogP contribution in [0.5, 0.6) is 11.6 Å². The molecule has 0 fully saturated rings. The SMILES string of the molecule is NNc1cc(Oc2c(Br)cc([N+](=O)[O-])cc2Br)nc(N)n1. The molecule has 21 heavy (non-hydrogen) atoms. The minimum absolute atomic E-state index is 0.0328. The molecule has 110 valence electrons. The number of hydrogen-bond donors (Lipinski definition) is 3. The molecular formula is C10H8Br2N6O3. The van der Waals surface area contributed by atoms with Gasteiger partial charge in [-0.2, -0.15) is 9.97 Å². The van der Waals surface area contributed by atoms with E-state index in [0.29, 0.717) is 14.7 Å². The number of hydrazine groups is 1. The molecule has 0 aliphatic heterocycles. The van der Waals surface area contributed by atoms with Crippen molar-refractivity contribution in [3.63, 3.8) is 0 Å². The fourth-order valence-electron chi connectivity index (χ4n) is 1.42. The molecular weight excluding hydrogens is 412 g/mol. The van der Waals surface area contributed by atoms with Crippen LogP contribution in [-0.2, 0) is 0 Å². The van der Waals surface area contributed by atoms with Crippen LogP contribution in [-0.4, -0.2) is 14.9 Å². The van der Waals surface area contributed by atoms with Gasteiger partial charge in [-0.25, -0.2) is 5.84 Å². The van der Waals surface area contributed by atoms with Crippen molar-refractivity contribution >= 4 is 49.3 Å². The summed E-state index contributed by atoms with van der Waals surface area (Å²) in [7, 11) is 0. The zero-order valence-corrected chi connectivity index (χ0v) is 13.4. The Morgan fingerprint density at radius 2 is 1.86 bits per heavy atom. The first-order valence-corrected chi connectivity index (χ1v) is 6.91. The Labute approximate surface area is 135 Å². The molecule has 9 nitrogen and oxygen atoms in total. The van der Waals surface area contributed by atoms with E-state index < -0.39 is 4.92 Å². The smallest absolute Gasteiger partial charge is 0.271 e. The molecule has 0 bridgehead atoms. The number of aromatic nitrogens is 2. The zero-order chi connectivity index (χ0) is 15.6. The summed E-state index contributed by atoms with van der Waals surface area (Å²) in [5.74, 6) is 5.92. The lowest BCUT2D eigenvalue weighted by Gasteiger charge is -2.10. The molecule has 0 atom stereocenters. The highest BCUT2D eigenvalue weighted by atomic mass is 79.9.